The Hall–Kier alpha value is -1.88. The number of nitrogens with zero attached hydrogens (tertiary/aromatic N) is 1. The third-order valence-corrected chi connectivity index (χ3v) is 3.61. The van der Waals surface area contributed by atoms with Crippen molar-refractivity contribution in [2.75, 3.05) is 12.4 Å². The molecule has 5 heteroatoms. The van der Waals surface area contributed by atoms with E-state index in [0.29, 0.717) is 5.56 Å². The molecule has 19 heavy (non-hydrogen) atoms. The van der Waals surface area contributed by atoms with Crippen molar-refractivity contribution in [1.29, 1.82) is 0 Å². The zero-order chi connectivity index (χ0) is 13.8. The van der Waals surface area contributed by atoms with Gasteiger partial charge in [-0.2, -0.15) is 0 Å². The van der Waals surface area contributed by atoms with Crippen molar-refractivity contribution in [2.24, 2.45) is 0 Å². The number of nitrogens with one attached hydrogen (secondary N) is 2. The van der Waals surface area contributed by atoms with E-state index in [4.69, 9.17) is 0 Å². The number of hydrogen-bond acceptors (Lipinski definition) is 4. The second-order valence-electron chi connectivity index (χ2n) is 4.32. The number of hydrogen-bond donors (Lipinski definition) is 2. The Morgan fingerprint density at radius 3 is 2.84 bits per heavy atom. The molecule has 0 saturated heterocycles. The standard InChI is InChI=1S/C14H17N3OS/c1-9(13-8-19-10(2)17-13)16-12-6-4-5-11(7-12)14(18)15-3/h4-9,16H,1-3H3,(H,15,18). The first-order valence-electron chi connectivity index (χ1n) is 6.11. The van der Waals surface area contributed by atoms with Crippen molar-refractivity contribution in [3.05, 3.63) is 45.9 Å². The van der Waals surface area contributed by atoms with Crippen molar-refractivity contribution in [3.63, 3.8) is 0 Å². The van der Waals surface area contributed by atoms with E-state index < -0.39 is 0 Å². The maximum absolute atomic E-state index is 11.6. The van der Waals surface area contributed by atoms with Crippen LogP contribution >= 0.6 is 11.3 Å². The molecule has 1 aromatic heterocycles. The average molecular weight is 275 g/mol. The van der Waals surface area contributed by atoms with Crippen molar-refractivity contribution in [1.82, 2.24) is 10.3 Å². The Kier molecular flexibility index (Phi) is 4.16. The molecule has 1 amide bonds. The summed E-state index contributed by atoms with van der Waals surface area (Å²) in [6.07, 6.45) is 0. The Balaban J connectivity index is 2.12. The van der Waals surface area contributed by atoms with Crippen LogP contribution in [0.4, 0.5) is 5.69 Å². The third kappa shape index (κ3) is 3.32. The summed E-state index contributed by atoms with van der Waals surface area (Å²) in [7, 11) is 1.63. The van der Waals surface area contributed by atoms with Gasteiger partial charge in [0.1, 0.15) is 0 Å². The Labute approximate surface area is 116 Å². The van der Waals surface area contributed by atoms with Gasteiger partial charge in [-0.1, -0.05) is 6.07 Å². The summed E-state index contributed by atoms with van der Waals surface area (Å²) < 4.78 is 0. The minimum Gasteiger partial charge on any atom is -0.377 e. The van der Waals surface area contributed by atoms with Gasteiger partial charge in [0, 0.05) is 23.7 Å². The summed E-state index contributed by atoms with van der Waals surface area (Å²) in [5, 5.41) is 9.08. The fourth-order valence-corrected chi connectivity index (χ4v) is 2.50. The summed E-state index contributed by atoms with van der Waals surface area (Å²) in [5.41, 5.74) is 2.58. The van der Waals surface area contributed by atoms with Crippen molar-refractivity contribution < 1.29 is 4.79 Å². The maximum atomic E-state index is 11.6. The topological polar surface area (TPSA) is 54.0 Å². The molecule has 4 nitrogen and oxygen atoms in total. The minimum absolute atomic E-state index is 0.0826. The molecule has 2 aromatic rings. The lowest BCUT2D eigenvalue weighted by Gasteiger charge is -2.13. The van der Waals surface area contributed by atoms with Gasteiger partial charge in [-0.15, -0.1) is 11.3 Å². The van der Waals surface area contributed by atoms with Crippen LogP contribution < -0.4 is 10.6 Å². The van der Waals surface area contributed by atoms with Crippen LogP contribution in [0.5, 0.6) is 0 Å². The maximum Gasteiger partial charge on any atom is 0.251 e. The molecule has 0 spiro atoms. The molecule has 1 unspecified atom stereocenters. The molecule has 100 valence electrons. The molecular formula is C14H17N3OS. The molecule has 0 aliphatic heterocycles. The predicted molar refractivity (Wildman–Crippen MR) is 78.7 cm³/mol. The van der Waals surface area contributed by atoms with E-state index in [-0.39, 0.29) is 11.9 Å². The molecule has 0 aliphatic carbocycles. The molecule has 0 fully saturated rings. The van der Waals surface area contributed by atoms with Crippen LogP contribution in [0.25, 0.3) is 0 Å². The Morgan fingerprint density at radius 2 is 2.21 bits per heavy atom. The van der Waals surface area contributed by atoms with Crippen LogP contribution in [-0.2, 0) is 0 Å². The summed E-state index contributed by atoms with van der Waals surface area (Å²) in [5.74, 6) is -0.0826. The van der Waals surface area contributed by atoms with E-state index in [0.717, 1.165) is 16.4 Å². The Morgan fingerprint density at radius 1 is 1.42 bits per heavy atom. The van der Waals surface area contributed by atoms with E-state index in [1.54, 1.807) is 24.5 Å². The lowest BCUT2D eigenvalue weighted by Crippen LogP contribution is -2.18. The van der Waals surface area contributed by atoms with Gasteiger partial charge in [-0.3, -0.25) is 4.79 Å². The largest absolute Gasteiger partial charge is 0.377 e. The SMILES string of the molecule is CNC(=O)c1cccc(NC(C)c2csc(C)n2)c1. The molecule has 1 heterocycles. The van der Waals surface area contributed by atoms with E-state index in [1.807, 2.05) is 25.1 Å². The molecule has 2 N–H and O–H groups in total. The molecule has 0 radical (unpaired) electrons. The molecule has 0 aliphatic rings. The van der Waals surface area contributed by atoms with Gasteiger partial charge in [0.15, 0.2) is 0 Å². The normalized spacial score (nSPS) is 11.9. The first-order chi connectivity index (χ1) is 9.10. The number of anilines is 1. The lowest BCUT2D eigenvalue weighted by molar-refractivity contribution is 0.0963. The summed E-state index contributed by atoms with van der Waals surface area (Å²) in [6, 6.07) is 7.56. The zero-order valence-corrected chi connectivity index (χ0v) is 12.0. The van der Waals surface area contributed by atoms with Crippen LogP contribution in [0.2, 0.25) is 0 Å². The van der Waals surface area contributed by atoms with Crippen molar-refractivity contribution >= 4 is 22.9 Å². The minimum atomic E-state index is -0.0826. The number of amides is 1. The van der Waals surface area contributed by atoms with Gasteiger partial charge in [0.25, 0.3) is 5.91 Å². The first-order valence-corrected chi connectivity index (χ1v) is 6.99. The number of aryl methyl sites for hydroxylation is 1. The zero-order valence-electron chi connectivity index (χ0n) is 11.2. The molecule has 1 atom stereocenters. The smallest absolute Gasteiger partial charge is 0.251 e. The second-order valence-corrected chi connectivity index (χ2v) is 5.38. The fraction of sp³-hybridized carbons (Fsp3) is 0.286. The number of carbonyl (C=O) groups excluding carboxylic acids is 1. The highest BCUT2D eigenvalue weighted by atomic mass is 32.1. The van der Waals surface area contributed by atoms with E-state index >= 15 is 0 Å². The number of rotatable bonds is 4. The van der Waals surface area contributed by atoms with Crippen LogP contribution in [0, 0.1) is 6.92 Å². The highest BCUT2D eigenvalue weighted by Crippen LogP contribution is 2.21. The fourth-order valence-electron chi connectivity index (χ4n) is 1.80. The van der Waals surface area contributed by atoms with E-state index in [2.05, 4.69) is 27.9 Å². The number of thiazole rings is 1. The van der Waals surface area contributed by atoms with Gasteiger partial charge in [-0.05, 0) is 32.0 Å². The van der Waals surface area contributed by atoms with Gasteiger partial charge in [-0.25, -0.2) is 4.98 Å². The quantitative estimate of drug-likeness (QED) is 0.902. The first kappa shape index (κ1) is 13.5. The van der Waals surface area contributed by atoms with E-state index in [9.17, 15) is 4.79 Å². The van der Waals surface area contributed by atoms with Gasteiger partial charge < -0.3 is 10.6 Å². The predicted octanol–water partition coefficient (Wildman–Crippen LogP) is 2.98. The number of benzene rings is 1. The molecule has 0 saturated carbocycles. The highest BCUT2D eigenvalue weighted by Gasteiger charge is 2.10. The van der Waals surface area contributed by atoms with Crippen LogP contribution in [0.3, 0.4) is 0 Å². The molecule has 1 aromatic carbocycles. The van der Waals surface area contributed by atoms with E-state index in [1.165, 1.54) is 0 Å². The average Bonchev–Trinajstić information content (AvgIpc) is 2.85. The summed E-state index contributed by atoms with van der Waals surface area (Å²) in [6.45, 7) is 4.05. The van der Waals surface area contributed by atoms with Gasteiger partial charge in [0.2, 0.25) is 0 Å². The van der Waals surface area contributed by atoms with Gasteiger partial charge >= 0.3 is 0 Å². The summed E-state index contributed by atoms with van der Waals surface area (Å²) >= 11 is 1.64. The van der Waals surface area contributed by atoms with Crippen LogP contribution in [0.1, 0.15) is 34.0 Å². The van der Waals surface area contributed by atoms with Crippen molar-refractivity contribution in [3.8, 4) is 0 Å². The van der Waals surface area contributed by atoms with Gasteiger partial charge in [0.05, 0.1) is 16.7 Å². The van der Waals surface area contributed by atoms with Crippen LogP contribution in [-0.4, -0.2) is 17.9 Å². The lowest BCUT2D eigenvalue weighted by atomic mass is 10.1. The van der Waals surface area contributed by atoms with Crippen molar-refractivity contribution in [2.45, 2.75) is 19.9 Å². The monoisotopic (exact) mass is 275 g/mol. The van der Waals surface area contributed by atoms with Crippen LogP contribution in [0.15, 0.2) is 29.6 Å². The summed E-state index contributed by atoms with van der Waals surface area (Å²) in [4.78, 5) is 16.0. The second kappa shape index (κ2) is 5.84. The number of aromatic nitrogens is 1. The molecular weight excluding hydrogens is 258 g/mol. The third-order valence-electron chi connectivity index (χ3n) is 2.82. The number of carbonyl (C=O) groups is 1. The molecule has 0 bridgehead atoms. The highest BCUT2D eigenvalue weighted by molar-refractivity contribution is 7.09. The molecule has 2 rings (SSSR count). The Bertz CT molecular complexity index is 580.